The minimum absolute atomic E-state index is 0.131. The van der Waals surface area contributed by atoms with Crippen LogP contribution in [-0.4, -0.2) is 41.6 Å². The van der Waals surface area contributed by atoms with Gasteiger partial charge >= 0.3 is 6.09 Å². The summed E-state index contributed by atoms with van der Waals surface area (Å²) in [5.41, 5.74) is 1.15. The smallest absolute Gasteiger partial charge is 0.404 e. The van der Waals surface area contributed by atoms with Crippen LogP contribution >= 0.6 is 11.6 Å². The van der Waals surface area contributed by atoms with Crippen LogP contribution in [0.5, 0.6) is 0 Å². The second kappa shape index (κ2) is 5.22. The average Bonchev–Trinajstić information content (AvgIpc) is 2.76. The Balaban J connectivity index is 2.15. The molecule has 96 valence electrons. The van der Waals surface area contributed by atoms with E-state index in [0.29, 0.717) is 35.9 Å². The predicted octanol–water partition coefficient (Wildman–Crippen LogP) is 1.39. The molecule has 1 aliphatic heterocycles. The van der Waals surface area contributed by atoms with Gasteiger partial charge in [-0.15, -0.1) is 0 Å². The second-order valence-corrected chi connectivity index (χ2v) is 4.45. The number of rotatable bonds is 3. The lowest BCUT2D eigenvalue weighted by Gasteiger charge is -2.20. The fourth-order valence-corrected chi connectivity index (χ4v) is 2.22. The molecule has 1 aromatic heterocycles. The van der Waals surface area contributed by atoms with Gasteiger partial charge in [-0.1, -0.05) is 11.6 Å². The van der Waals surface area contributed by atoms with Crippen molar-refractivity contribution in [3.8, 4) is 0 Å². The van der Waals surface area contributed by atoms with E-state index in [4.69, 9.17) is 16.7 Å². The van der Waals surface area contributed by atoms with Gasteiger partial charge in [-0.2, -0.15) is 0 Å². The SMILES string of the molecule is O=Cc1cnc(Cl)cc1N1CC[C@H](NC(=O)O)C1. The Morgan fingerprint density at radius 1 is 1.67 bits per heavy atom. The first kappa shape index (κ1) is 12.6. The van der Waals surface area contributed by atoms with E-state index in [1.54, 1.807) is 6.07 Å². The van der Waals surface area contributed by atoms with Crippen molar-refractivity contribution < 1.29 is 14.7 Å². The second-order valence-electron chi connectivity index (χ2n) is 4.06. The van der Waals surface area contributed by atoms with Crippen LogP contribution in [0.4, 0.5) is 10.5 Å². The van der Waals surface area contributed by atoms with Gasteiger partial charge in [0, 0.05) is 19.3 Å². The lowest BCUT2D eigenvalue weighted by molar-refractivity contribution is 0.112. The summed E-state index contributed by atoms with van der Waals surface area (Å²) in [5.74, 6) is 0. The summed E-state index contributed by atoms with van der Waals surface area (Å²) >= 11 is 5.81. The van der Waals surface area contributed by atoms with Gasteiger partial charge in [-0.05, 0) is 12.5 Å². The number of pyridine rings is 1. The number of hydrogen-bond donors (Lipinski definition) is 2. The minimum Gasteiger partial charge on any atom is -0.465 e. The normalized spacial score (nSPS) is 18.7. The number of nitrogens with one attached hydrogen (secondary N) is 1. The molecule has 1 fully saturated rings. The third-order valence-electron chi connectivity index (χ3n) is 2.86. The molecule has 2 rings (SSSR count). The van der Waals surface area contributed by atoms with Crippen molar-refractivity contribution in [2.45, 2.75) is 12.5 Å². The van der Waals surface area contributed by atoms with Gasteiger partial charge in [0.1, 0.15) is 5.15 Å². The van der Waals surface area contributed by atoms with Crippen molar-refractivity contribution in [1.82, 2.24) is 10.3 Å². The van der Waals surface area contributed by atoms with Crippen LogP contribution < -0.4 is 10.2 Å². The Kier molecular flexibility index (Phi) is 3.66. The zero-order valence-corrected chi connectivity index (χ0v) is 10.2. The van der Waals surface area contributed by atoms with Crippen molar-refractivity contribution >= 4 is 29.7 Å². The number of hydrogen-bond acceptors (Lipinski definition) is 4. The molecule has 6 nitrogen and oxygen atoms in total. The van der Waals surface area contributed by atoms with Crippen LogP contribution in [0.3, 0.4) is 0 Å². The summed E-state index contributed by atoms with van der Waals surface area (Å²) in [7, 11) is 0. The van der Waals surface area contributed by atoms with Gasteiger partial charge in [-0.3, -0.25) is 4.79 Å². The quantitative estimate of drug-likeness (QED) is 0.640. The summed E-state index contributed by atoms with van der Waals surface area (Å²) in [4.78, 5) is 27.3. The molecule has 0 aromatic carbocycles. The first-order valence-corrected chi connectivity index (χ1v) is 5.83. The maximum absolute atomic E-state index is 10.9. The van der Waals surface area contributed by atoms with Crippen LogP contribution in [0.25, 0.3) is 0 Å². The molecular weight excluding hydrogens is 258 g/mol. The highest BCUT2D eigenvalue weighted by Crippen LogP contribution is 2.25. The molecule has 2 heterocycles. The molecule has 2 N–H and O–H groups in total. The highest BCUT2D eigenvalue weighted by atomic mass is 35.5. The first-order chi connectivity index (χ1) is 8.60. The van der Waals surface area contributed by atoms with Crippen LogP contribution in [0.2, 0.25) is 5.15 Å². The molecule has 7 heteroatoms. The van der Waals surface area contributed by atoms with Gasteiger partial charge in [0.05, 0.1) is 17.3 Å². The van der Waals surface area contributed by atoms with Crippen LogP contribution in [0.15, 0.2) is 12.3 Å². The standard InChI is InChI=1S/C11H12ClN3O3/c12-10-3-9(7(6-16)4-13-10)15-2-1-8(5-15)14-11(17)18/h3-4,6,8,14H,1-2,5H2,(H,17,18)/t8-/m0/s1. The molecule has 1 saturated heterocycles. The van der Waals surface area contributed by atoms with Crippen molar-refractivity contribution in [1.29, 1.82) is 0 Å². The van der Waals surface area contributed by atoms with E-state index in [2.05, 4.69) is 10.3 Å². The summed E-state index contributed by atoms with van der Waals surface area (Å²) in [6.45, 7) is 1.19. The molecule has 0 spiro atoms. The number of aromatic nitrogens is 1. The molecule has 0 saturated carbocycles. The number of anilines is 1. The fraction of sp³-hybridized carbons (Fsp3) is 0.364. The monoisotopic (exact) mass is 269 g/mol. The van der Waals surface area contributed by atoms with Crippen molar-refractivity contribution in [2.75, 3.05) is 18.0 Å². The predicted molar refractivity (Wildman–Crippen MR) is 66.4 cm³/mol. The molecule has 0 aliphatic carbocycles. The molecule has 0 bridgehead atoms. The van der Waals surface area contributed by atoms with E-state index in [0.717, 1.165) is 6.29 Å². The topological polar surface area (TPSA) is 82.5 Å². The molecule has 1 amide bonds. The maximum Gasteiger partial charge on any atom is 0.404 e. The molecule has 1 atom stereocenters. The fourth-order valence-electron chi connectivity index (χ4n) is 2.07. The largest absolute Gasteiger partial charge is 0.465 e. The minimum atomic E-state index is -1.04. The zero-order valence-electron chi connectivity index (χ0n) is 9.47. The molecular formula is C11H12ClN3O3. The van der Waals surface area contributed by atoms with E-state index >= 15 is 0 Å². The molecule has 0 radical (unpaired) electrons. The number of halogens is 1. The van der Waals surface area contributed by atoms with E-state index in [9.17, 15) is 9.59 Å². The van der Waals surface area contributed by atoms with Crippen molar-refractivity contribution in [3.63, 3.8) is 0 Å². The van der Waals surface area contributed by atoms with Crippen molar-refractivity contribution in [3.05, 3.63) is 23.0 Å². The Bertz CT molecular complexity index is 481. The molecule has 1 aliphatic rings. The lowest BCUT2D eigenvalue weighted by atomic mass is 10.2. The molecule has 18 heavy (non-hydrogen) atoms. The Labute approximate surface area is 109 Å². The zero-order chi connectivity index (χ0) is 13.1. The molecule has 0 unspecified atom stereocenters. The van der Waals surface area contributed by atoms with Gasteiger partial charge in [0.2, 0.25) is 0 Å². The summed E-state index contributed by atoms with van der Waals surface area (Å²) in [6, 6.07) is 1.49. The lowest BCUT2D eigenvalue weighted by Crippen LogP contribution is -2.36. The van der Waals surface area contributed by atoms with Crippen LogP contribution in [0, 0.1) is 0 Å². The Hall–Kier alpha value is -1.82. The number of carboxylic acid groups (broad SMARTS) is 1. The van der Waals surface area contributed by atoms with Gasteiger partial charge < -0.3 is 15.3 Å². The van der Waals surface area contributed by atoms with E-state index in [1.807, 2.05) is 4.90 Å². The Morgan fingerprint density at radius 2 is 2.44 bits per heavy atom. The van der Waals surface area contributed by atoms with E-state index < -0.39 is 6.09 Å². The number of carbonyl (C=O) groups excluding carboxylic acids is 1. The van der Waals surface area contributed by atoms with Gasteiger partial charge in [0.15, 0.2) is 6.29 Å². The maximum atomic E-state index is 10.9. The summed E-state index contributed by atoms with van der Waals surface area (Å²) < 4.78 is 0. The highest BCUT2D eigenvalue weighted by molar-refractivity contribution is 6.29. The number of aldehydes is 1. The first-order valence-electron chi connectivity index (χ1n) is 5.45. The van der Waals surface area contributed by atoms with Gasteiger partial charge in [-0.25, -0.2) is 9.78 Å². The highest BCUT2D eigenvalue weighted by Gasteiger charge is 2.25. The average molecular weight is 270 g/mol. The van der Waals surface area contributed by atoms with Crippen molar-refractivity contribution in [2.24, 2.45) is 0 Å². The van der Waals surface area contributed by atoms with E-state index in [-0.39, 0.29) is 6.04 Å². The third-order valence-corrected chi connectivity index (χ3v) is 3.07. The number of nitrogens with zero attached hydrogens (tertiary/aromatic N) is 2. The van der Waals surface area contributed by atoms with Crippen LogP contribution in [0.1, 0.15) is 16.8 Å². The van der Waals surface area contributed by atoms with Gasteiger partial charge in [0.25, 0.3) is 0 Å². The number of carbonyl (C=O) groups is 2. The molecule has 1 aromatic rings. The summed E-state index contributed by atoms with van der Waals surface area (Å²) in [6.07, 6.45) is 1.80. The third kappa shape index (κ3) is 2.70. The van der Waals surface area contributed by atoms with Crippen LogP contribution in [-0.2, 0) is 0 Å². The number of amides is 1. The summed E-state index contributed by atoms with van der Waals surface area (Å²) in [5, 5.41) is 11.4. The Morgan fingerprint density at radius 3 is 3.11 bits per heavy atom. The van der Waals surface area contributed by atoms with E-state index in [1.165, 1.54) is 6.20 Å².